The summed E-state index contributed by atoms with van der Waals surface area (Å²) in [7, 11) is 0. The first-order valence-corrected chi connectivity index (χ1v) is 14.6. The van der Waals surface area contributed by atoms with Gasteiger partial charge in [0.05, 0.1) is 0 Å². The number of benzene rings is 2. The minimum absolute atomic E-state index is 0.364. The molecule has 38 heavy (non-hydrogen) atoms. The van der Waals surface area contributed by atoms with E-state index in [0.29, 0.717) is 23.7 Å². The smallest absolute Gasteiger partial charge is 0.320 e. The number of hydrogen-bond acceptors (Lipinski definition) is 3. The molecule has 4 nitrogen and oxygen atoms in total. The molecule has 3 aliphatic rings. The fraction of sp³-hybridized carbons (Fsp3) is 0.594. The van der Waals surface area contributed by atoms with E-state index in [9.17, 15) is 18.7 Å². The van der Waals surface area contributed by atoms with Crippen LogP contribution in [0.1, 0.15) is 68.4 Å². The molecule has 3 fully saturated rings. The summed E-state index contributed by atoms with van der Waals surface area (Å²) >= 11 is 0. The molecule has 0 radical (unpaired) electrons. The van der Waals surface area contributed by atoms with E-state index in [1.54, 1.807) is 6.07 Å². The molecule has 3 unspecified atom stereocenters. The summed E-state index contributed by atoms with van der Waals surface area (Å²) in [6, 6.07) is 14.6. The number of aryl methyl sites for hydroxylation is 1. The molecule has 206 valence electrons. The van der Waals surface area contributed by atoms with Crippen LogP contribution in [0.15, 0.2) is 48.5 Å². The molecule has 0 bridgehead atoms. The van der Waals surface area contributed by atoms with Crippen molar-refractivity contribution in [3.05, 3.63) is 71.3 Å². The molecular formula is C32H42F2N2O2. The molecule has 6 heteroatoms. The van der Waals surface area contributed by atoms with Crippen molar-refractivity contribution in [2.45, 2.75) is 69.7 Å². The van der Waals surface area contributed by atoms with E-state index >= 15 is 0 Å². The molecule has 0 aromatic heterocycles. The second-order valence-corrected chi connectivity index (χ2v) is 12.0. The van der Waals surface area contributed by atoms with Crippen molar-refractivity contribution < 1.29 is 18.7 Å². The van der Waals surface area contributed by atoms with E-state index in [-0.39, 0.29) is 6.04 Å². The lowest BCUT2D eigenvalue weighted by molar-refractivity contribution is -0.144. The molecule has 0 amide bonds. The molecule has 1 saturated carbocycles. The molecular weight excluding hydrogens is 482 g/mol. The van der Waals surface area contributed by atoms with Crippen LogP contribution in [-0.4, -0.2) is 59.6 Å². The van der Waals surface area contributed by atoms with Crippen molar-refractivity contribution in [2.75, 3.05) is 32.7 Å². The molecule has 2 aromatic rings. The lowest BCUT2D eigenvalue weighted by Gasteiger charge is -2.35. The van der Waals surface area contributed by atoms with E-state index in [1.165, 1.54) is 49.8 Å². The highest BCUT2D eigenvalue weighted by Gasteiger charge is 2.41. The highest BCUT2D eigenvalue weighted by molar-refractivity contribution is 5.73. The monoisotopic (exact) mass is 524 g/mol. The number of hydrogen-bond donors (Lipinski definition) is 1. The molecule has 2 heterocycles. The Kier molecular flexibility index (Phi) is 9.11. The Morgan fingerprint density at radius 2 is 1.71 bits per heavy atom. The summed E-state index contributed by atoms with van der Waals surface area (Å²) in [6.45, 7) is 4.88. The largest absolute Gasteiger partial charge is 0.480 e. The number of carboxylic acids is 1. The zero-order valence-electron chi connectivity index (χ0n) is 22.4. The lowest BCUT2D eigenvalue weighted by atomic mass is 9.80. The topological polar surface area (TPSA) is 43.8 Å². The van der Waals surface area contributed by atoms with Gasteiger partial charge in [0.15, 0.2) is 11.6 Å². The molecule has 0 spiro atoms. The summed E-state index contributed by atoms with van der Waals surface area (Å²) in [5.74, 6) is -0.134. The quantitative estimate of drug-likeness (QED) is 0.372. The maximum absolute atomic E-state index is 13.5. The van der Waals surface area contributed by atoms with Gasteiger partial charge in [-0.05, 0) is 86.2 Å². The molecule has 2 aromatic carbocycles. The Labute approximate surface area is 226 Å². The summed E-state index contributed by atoms with van der Waals surface area (Å²) in [6.07, 6.45) is 9.65. The first-order valence-electron chi connectivity index (χ1n) is 14.6. The van der Waals surface area contributed by atoms with Gasteiger partial charge < -0.3 is 10.0 Å². The molecule has 2 aliphatic heterocycles. The summed E-state index contributed by atoms with van der Waals surface area (Å²) in [4.78, 5) is 17.1. The number of halogens is 2. The number of likely N-dealkylation sites (tertiary alicyclic amines) is 2. The number of carbonyl (C=O) groups is 1. The van der Waals surface area contributed by atoms with E-state index in [1.807, 2.05) is 0 Å². The second kappa shape index (κ2) is 12.7. The summed E-state index contributed by atoms with van der Waals surface area (Å²) in [5, 5.41) is 10.1. The molecule has 3 atom stereocenters. The van der Waals surface area contributed by atoms with Gasteiger partial charge in [0.25, 0.3) is 0 Å². The van der Waals surface area contributed by atoms with Crippen LogP contribution in [0.5, 0.6) is 0 Å². The predicted octanol–water partition coefficient (Wildman–Crippen LogP) is 6.36. The van der Waals surface area contributed by atoms with Crippen LogP contribution in [0.4, 0.5) is 8.78 Å². The van der Waals surface area contributed by atoms with Gasteiger partial charge in [-0.15, -0.1) is 0 Å². The molecule has 5 rings (SSSR count). The van der Waals surface area contributed by atoms with E-state index in [0.717, 1.165) is 64.0 Å². The minimum atomic E-state index is -0.780. The Bertz CT molecular complexity index is 1050. The van der Waals surface area contributed by atoms with Crippen molar-refractivity contribution in [3.8, 4) is 0 Å². The van der Waals surface area contributed by atoms with Gasteiger partial charge in [-0.2, -0.15) is 0 Å². The minimum Gasteiger partial charge on any atom is -0.480 e. The first kappa shape index (κ1) is 27.3. The van der Waals surface area contributed by atoms with Crippen LogP contribution in [0.25, 0.3) is 0 Å². The third kappa shape index (κ3) is 6.81. The van der Waals surface area contributed by atoms with Gasteiger partial charge in [-0.3, -0.25) is 9.69 Å². The highest BCUT2D eigenvalue weighted by Crippen LogP contribution is 2.38. The summed E-state index contributed by atoms with van der Waals surface area (Å²) < 4.78 is 26.6. The van der Waals surface area contributed by atoms with E-state index < -0.39 is 17.6 Å². The third-order valence-corrected chi connectivity index (χ3v) is 9.47. The maximum Gasteiger partial charge on any atom is 0.320 e. The Morgan fingerprint density at radius 3 is 2.37 bits per heavy atom. The average molecular weight is 525 g/mol. The van der Waals surface area contributed by atoms with Crippen LogP contribution in [0, 0.1) is 29.4 Å². The van der Waals surface area contributed by atoms with Crippen LogP contribution in [-0.2, 0) is 11.2 Å². The van der Waals surface area contributed by atoms with Crippen LogP contribution in [0.3, 0.4) is 0 Å². The lowest BCUT2D eigenvalue weighted by Crippen LogP contribution is -2.43. The Hall–Kier alpha value is -2.31. The van der Waals surface area contributed by atoms with Crippen molar-refractivity contribution >= 4 is 5.97 Å². The molecule has 1 N–H and O–H groups in total. The Balaban J connectivity index is 1.14. The zero-order chi connectivity index (χ0) is 26.5. The van der Waals surface area contributed by atoms with Crippen LogP contribution in [0.2, 0.25) is 0 Å². The average Bonchev–Trinajstić information content (AvgIpc) is 3.30. The first-order chi connectivity index (χ1) is 18.5. The van der Waals surface area contributed by atoms with Gasteiger partial charge in [-0.1, -0.05) is 62.1 Å². The van der Waals surface area contributed by atoms with Gasteiger partial charge in [0, 0.05) is 25.6 Å². The number of aliphatic carboxylic acids is 1. The SMILES string of the molecule is O=C(O)C(CC1CCC1)N1CC(CN2CCC(CCCc3ccc(F)c(F)c3)CC2)C(c2ccccc2)C1. The number of piperidine rings is 1. The number of rotatable bonds is 11. The maximum atomic E-state index is 13.5. The number of carboxylic acid groups (broad SMARTS) is 1. The van der Waals surface area contributed by atoms with Crippen LogP contribution < -0.4 is 0 Å². The standard InChI is InChI=1S/C32H42F2N2O2/c33-29-13-12-25(18-30(29)34)9-4-6-23-14-16-35(17-15-23)20-27-21-36(22-28(27)26-10-2-1-3-11-26)31(32(37)38)19-24-7-5-8-24/h1-3,10-13,18,23-24,27-28,31H,4-9,14-17,19-22H2,(H,37,38). The predicted molar refractivity (Wildman–Crippen MR) is 146 cm³/mol. The van der Waals surface area contributed by atoms with Crippen LogP contribution >= 0.6 is 0 Å². The van der Waals surface area contributed by atoms with Gasteiger partial charge >= 0.3 is 5.97 Å². The van der Waals surface area contributed by atoms with Crippen molar-refractivity contribution in [1.82, 2.24) is 9.80 Å². The zero-order valence-corrected chi connectivity index (χ0v) is 22.4. The van der Waals surface area contributed by atoms with Gasteiger partial charge in [0.2, 0.25) is 0 Å². The molecule has 1 aliphatic carbocycles. The fourth-order valence-electron chi connectivity index (χ4n) is 6.95. The fourth-order valence-corrected chi connectivity index (χ4v) is 6.95. The normalized spacial score (nSPS) is 24.4. The molecule has 2 saturated heterocycles. The van der Waals surface area contributed by atoms with E-state index in [2.05, 4.69) is 40.1 Å². The van der Waals surface area contributed by atoms with Crippen molar-refractivity contribution in [3.63, 3.8) is 0 Å². The summed E-state index contributed by atoms with van der Waals surface area (Å²) in [5.41, 5.74) is 2.20. The Morgan fingerprint density at radius 1 is 0.947 bits per heavy atom. The van der Waals surface area contributed by atoms with Gasteiger partial charge in [0.1, 0.15) is 6.04 Å². The number of nitrogens with zero attached hydrogens (tertiary/aromatic N) is 2. The van der Waals surface area contributed by atoms with E-state index in [4.69, 9.17) is 0 Å². The van der Waals surface area contributed by atoms with Gasteiger partial charge in [-0.25, -0.2) is 8.78 Å². The highest BCUT2D eigenvalue weighted by atomic mass is 19.2. The second-order valence-electron chi connectivity index (χ2n) is 12.0. The van der Waals surface area contributed by atoms with Crippen molar-refractivity contribution in [2.24, 2.45) is 17.8 Å². The van der Waals surface area contributed by atoms with Crippen molar-refractivity contribution in [1.29, 1.82) is 0 Å². The third-order valence-electron chi connectivity index (χ3n) is 9.47.